The predicted octanol–water partition coefficient (Wildman–Crippen LogP) is 4.57. The number of pyridine rings is 1. The molecule has 7 heteroatoms. The molecule has 0 spiro atoms. The molecule has 1 aromatic carbocycles. The summed E-state index contributed by atoms with van der Waals surface area (Å²) in [6.45, 7) is 5.86. The molecule has 0 bridgehead atoms. The predicted molar refractivity (Wildman–Crippen MR) is 126 cm³/mol. The van der Waals surface area contributed by atoms with E-state index >= 15 is 0 Å². The standard InChI is InChI=1S/C24H31N3O3S/c1-16-17(2)27-11-10-19-21(24(27)25-16)26-20(18-8-6-5-7-9-18)23(29-13-12-28-3)22(19)30-14-15-31-4/h5-11,20,22-23,26H,12-15H2,1-4H3. The molecule has 3 heterocycles. The van der Waals surface area contributed by atoms with Crippen molar-refractivity contribution in [2.45, 2.75) is 32.1 Å². The van der Waals surface area contributed by atoms with E-state index in [4.69, 9.17) is 19.2 Å². The number of ether oxygens (including phenoxy) is 3. The minimum Gasteiger partial charge on any atom is -0.382 e. The second-order valence-electron chi connectivity index (χ2n) is 7.77. The van der Waals surface area contributed by atoms with E-state index in [-0.39, 0.29) is 18.2 Å². The molecule has 3 unspecified atom stereocenters. The van der Waals surface area contributed by atoms with Gasteiger partial charge in [0, 0.05) is 30.3 Å². The van der Waals surface area contributed by atoms with Crippen molar-refractivity contribution in [2.24, 2.45) is 0 Å². The number of imidazole rings is 1. The van der Waals surface area contributed by atoms with Crippen LogP contribution in [0.1, 0.15) is 34.7 Å². The zero-order valence-electron chi connectivity index (χ0n) is 18.6. The van der Waals surface area contributed by atoms with Crippen molar-refractivity contribution >= 4 is 23.1 Å². The molecule has 0 fully saturated rings. The Kier molecular flexibility index (Phi) is 7.17. The summed E-state index contributed by atoms with van der Waals surface area (Å²) in [4.78, 5) is 4.87. The second-order valence-corrected chi connectivity index (χ2v) is 8.75. The molecule has 0 amide bonds. The molecule has 1 N–H and O–H groups in total. The average molecular weight is 442 g/mol. The van der Waals surface area contributed by atoms with Gasteiger partial charge in [-0.05, 0) is 31.7 Å². The molecule has 1 aliphatic rings. The number of nitrogens with zero attached hydrogens (tertiary/aromatic N) is 2. The van der Waals surface area contributed by atoms with Crippen LogP contribution in [0.25, 0.3) is 5.65 Å². The molecular weight excluding hydrogens is 410 g/mol. The van der Waals surface area contributed by atoms with E-state index in [0.717, 1.165) is 39.6 Å². The lowest BCUT2D eigenvalue weighted by atomic mass is 9.88. The highest BCUT2D eigenvalue weighted by Gasteiger charge is 2.40. The summed E-state index contributed by atoms with van der Waals surface area (Å²) in [6, 6.07) is 12.5. The van der Waals surface area contributed by atoms with Crippen LogP contribution in [0.4, 0.5) is 5.69 Å². The van der Waals surface area contributed by atoms with Gasteiger partial charge in [0.2, 0.25) is 0 Å². The minimum absolute atomic E-state index is 0.0617. The van der Waals surface area contributed by atoms with Crippen molar-refractivity contribution in [3.63, 3.8) is 0 Å². The first-order valence-electron chi connectivity index (χ1n) is 10.7. The van der Waals surface area contributed by atoms with Crippen molar-refractivity contribution in [1.29, 1.82) is 0 Å². The van der Waals surface area contributed by atoms with Gasteiger partial charge in [-0.15, -0.1) is 0 Å². The Morgan fingerprint density at radius 1 is 1.06 bits per heavy atom. The smallest absolute Gasteiger partial charge is 0.161 e. The summed E-state index contributed by atoms with van der Waals surface area (Å²) in [6.07, 6.45) is 3.79. The van der Waals surface area contributed by atoms with Gasteiger partial charge in [0.05, 0.1) is 37.2 Å². The van der Waals surface area contributed by atoms with E-state index in [0.29, 0.717) is 19.8 Å². The first kappa shape index (κ1) is 22.1. The van der Waals surface area contributed by atoms with Gasteiger partial charge in [-0.3, -0.25) is 0 Å². The third kappa shape index (κ3) is 4.46. The van der Waals surface area contributed by atoms with Crippen LogP contribution in [0.3, 0.4) is 0 Å². The van der Waals surface area contributed by atoms with E-state index in [1.54, 1.807) is 18.9 Å². The molecule has 0 aliphatic carbocycles. The topological polar surface area (TPSA) is 57.0 Å². The van der Waals surface area contributed by atoms with E-state index in [9.17, 15) is 0 Å². The molecule has 3 aromatic rings. The number of rotatable bonds is 9. The summed E-state index contributed by atoms with van der Waals surface area (Å²) in [5, 5.41) is 3.76. The van der Waals surface area contributed by atoms with Crippen molar-refractivity contribution in [2.75, 3.05) is 44.3 Å². The summed E-state index contributed by atoms with van der Waals surface area (Å²) < 4.78 is 20.2. The van der Waals surface area contributed by atoms with Gasteiger partial charge >= 0.3 is 0 Å². The largest absolute Gasteiger partial charge is 0.382 e. The van der Waals surface area contributed by atoms with Crippen molar-refractivity contribution in [1.82, 2.24) is 9.38 Å². The van der Waals surface area contributed by atoms with Crippen molar-refractivity contribution in [3.8, 4) is 0 Å². The monoisotopic (exact) mass is 441 g/mol. The highest BCUT2D eigenvalue weighted by Crippen LogP contribution is 2.44. The number of methoxy groups -OCH3 is 1. The number of fused-ring (bicyclic) bond motifs is 3. The Morgan fingerprint density at radius 2 is 1.87 bits per heavy atom. The van der Waals surface area contributed by atoms with Crippen LogP contribution in [0.15, 0.2) is 42.6 Å². The van der Waals surface area contributed by atoms with E-state index in [1.165, 1.54) is 0 Å². The number of anilines is 1. The Morgan fingerprint density at radius 3 is 2.61 bits per heavy atom. The first-order chi connectivity index (χ1) is 15.2. The molecule has 0 radical (unpaired) electrons. The third-order valence-corrected chi connectivity index (χ3v) is 6.45. The zero-order chi connectivity index (χ0) is 21.8. The Hall–Kier alpha value is -2.06. The fourth-order valence-electron chi connectivity index (χ4n) is 4.15. The number of aryl methyl sites for hydroxylation is 2. The highest BCUT2D eigenvalue weighted by molar-refractivity contribution is 7.98. The van der Waals surface area contributed by atoms with Gasteiger partial charge in [0.1, 0.15) is 12.2 Å². The van der Waals surface area contributed by atoms with Gasteiger partial charge in [0.15, 0.2) is 5.65 Å². The fourth-order valence-corrected chi connectivity index (χ4v) is 4.42. The molecular formula is C24H31N3O3S. The molecule has 4 rings (SSSR count). The molecule has 3 atom stereocenters. The number of aromatic nitrogens is 2. The molecule has 1 aliphatic heterocycles. The maximum Gasteiger partial charge on any atom is 0.161 e. The molecule has 2 aromatic heterocycles. The number of hydrogen-bond acceptors (Lipinski definition) is 6. The van der Waals surface area contributed by atoms with Gasteiger partial charge < -0.3 is 23.9 Å². The second kappa shape index (κ2) is 10.0. The Balaban J connectivity index is 1.81. The van der Waals surface area contributed by atoms with Crippen LogP contribution >= 0.6 is 11.8 Å². The molecule has 0 saturated heterocycles. The quantitative estimate of drug-likeness (QED) is 0.491. The zero-order valence-corrected chi connectivity index (χ0v) is 19.4. The lowest BCUT2D eigenvalue weighted by Gasteiger charge is -2.40. The normalized spacial score (nSPS) is 20.6. The van der Waals surface area contributed by atoms with Crippen LogP contribution in [-0.4, -0.2) is 54.4 Å². The molecule has 6 nitrogen and oxygen atoms in total. The lowest BCUT2D eigenvalue weighted by molar-refractivity contribution is -0.0916. The van der Waals surface area contributed by atoms with Crippen LogP contribution in [0.5, 0.6) is 0 Å². The van der Waals surface area contributed by atoms with Gasteiger partial charge in [0.25, 0.3) is 0 Å². The lowest BCUT2D eigenvalue weighted by Crippen LogP contribution is -2.40. The summed E-state index contributed by atoms with van der Waals surface area (Å²) in [7, 11) is 1.69. The first-order valence-corrected chi connectivity index (χ1v) is 12.1. The average Bonchev–Trinajstić information content (AvgIpc) is 3.09. The molecule has 31 heavy (non-hydrogen) atoms. The van der Waals surface area contributed by atoms with Crippen LogP contribution in [0.2, 0.25) is 0 Å². The van der Waals surface area contributed by atoms with Crippen LogP contribution in [-0.2, 0) is 14.2 Å². The van der Waals surface area contributed by atoms with Crippen molar-refractivity contribution in [3.05, 3.63) is 65.1 Å². The van der Waals surface area contributed by atoms with Crippen LogP contribution in [0, 0.1) is 13.8 Å². The van der Waals surface area contributed by atoms with Crippen LogP contribution < -0.4 is 5.32 Å². The SMILES string of the molecule is COCCOC1C(c2ccccc2)Nc2c(ccn3c(C)c(C)nc23)C1OCCSC. The Bertz CT molecular complexity index is 1010. The van der Waals surface area contributed by atoms with E-state index in [2.05, 4.69) is 66.3 Å². The third-order valence-electron chi connectivity index (χ3n) is 5.88. The fraction of sp³-hybridized carbons (Fsp3) is 0.458. The molecule has 166 valence electrons. The minimum atomic E-state index is -0.201. The van der Waals surface area contributed by atoms with E-state index in [1.807, 2.05) is 6.07 Å². The maximum atomic E-state index is 6.47. The highest BCUT2D eigenvalue weighted by atomic mass is 32.2. The summed E-state index contributed by atoms with van der Waals surface area (Å²) in [5.41, 5.74) is 6.39. The number of benzene rings is 1. The van der Waals surface area contributed by atoms with Gasteiger partial charge in [-0.25, -0.2) is 4.98 Å². The van der Waals surface area contributed by atoms with E-state index < -0.39 is 0 Å². The van der Waals surface area contributed by atoms with Gasteiger partial charge in [-0.1, -0.05) is 30.3 Å². The van der Waals surface area contributed by atoms with Gasteiger partial charge in [-0.2, -0.15) is 11.8 Å². The summed E-state index contributed by atoms with van der Waals surface area (Å²) >= 11 is 1.78. The molecule has 0 saturated carbocycles. The number of hydrogen-bond donors (Lipinski definition) is 1. The van der Waals surface area contributed by atoms with Crippen molar-refractivity contribution < 1.29 is 14.2 Å². The number of thioether (sulfide) groups is 1. The summed E-state index contributed by atoms with van der Waals surface area (Å²) in [5.74, 6) is 0.934. The maximum absolute atomic E-state index is 6.47. The Labute approximate surface area is 188 Å². The number of nitrogens with one attached hydrogen (secondary N) is 1.